The van der Waals surface area contributed by atoms with Crippen molar-refractivity contribution in [2.24, 2.45) is 0 Å². The molecular formula is C15H14ClN3O4. The van der Waals surface area contributed by atoms with Crippen molar-refractivity contribution in [2.75, 3.05) is 19.7 Å². The van der Waals surface area contributed by atoms with E-state index in [9.17, 15) is 9.59 Å². The molecule has 2 aromatic rings. The number of nitrogens with zero attached hydrogens (tertiary/aromatic N) is 2. The van der Waals surface area contributed by atoms with Crippen LogP contribution in [0.1, 0.15) is 16.1 Å². The molecule has 1 aliphatic rings. The zero-order chi connectivity index (χ0) is 16.2. The van der Waals surface area contributed by atoms with Crippen molar-refractivity contribution < 1.29 is 18.8 Å². The third kappa shape index (κ3) is 3.62. The predicted octanol–water partition coefficient (Wildman–Crippen LogP) is 1.48. The number of fused-ring (bicyclic) bond motifs is 1. The van der Waals surface area contributed by atoms with Crippen LogP contribution in [0.15, 0.2) is 35.0 Å². The molecule has 8 heteroatoms. The standard InChI is InChI=1S/C15H14ClN3O4/c16-11-1-2-12-10(7-11)8-19(14(20)9-22-12)6-5-17-15(21)13-3-4-18-23-13/h1-4,7H,5-6,8-9H2,(H,17,21). The van der Waals surface area contributed by atoms with Crippen LogP contribution in [-0.2, 0) is 11.3 Å². The summed E-state index contributed by atoms with van der Waals surface area (Å²) in [6, 6.07) is 6.71. The highest BCUT2D eigenvalue weighted by Crippen LogP contribution is 2.26. The van der Waals surface area contributed by atoms with Crippen LogP contribution in [0.3, 0.4) is 0 Å². The first-order valence-corrected chi connectivity index (χ1v) is 7.39. The maximum absolute atomic E-state index is 12.1. The van der Waals surface area contributed by atoms with Crippen LogP contribution in [0.2, 0.25) is 5.02 Å². The van der Waals surface area contributed by atoms with Crippen molar-refractivity contribution in [3.63, 3.8) is 0 Å². The lowest BCUT2D eigenvalue weighted by molar-refractivity contribution is -0.133. The number of ether oxygens (including phenoxy) is 1. The van der Waals surface area contributed by atoms with E-state index >= 15 is 0 Å². The van der Waals surface area contributed by atoms with E-state index in [0.29, 0.717) is 30.4 Å². The van der Waals surface area contributed by atoms with Crippen LogP contribution in [-0.4, -0.2) is 41.6 Å². The first-order chi connectivity index (χ1) is 11.1. The van der Waals surface area contributed by atoms with Gasteiger partial charge in [-0.3, -0.25) is 9.59 Å². The molecule has 1 N–H and O–H groups in total. The summed E-state index contributed by atoms with van der Waals surface area (Å²) in [6.45, 7) is 0.993. The third-order valence-electron chi connectivity index (χ3n) is 3.42. The van der Waals surface area contributed by atoms with Gasteiger partial charge in [-0.15, -0.1) is 0 Å². The van der Waals surface area contributed by atoms with Crippen LogP contribution >= 0.6 is 11.6 Å². The number of aromatic nitrogens is 1. The average Bonchev–Trinajstić information content (AvgIpc) is 3.02. The summed E-state index contributed by atoms with van der Waals surface area (Å²) in [5.74, 6) is 0.263. The highest BCUT2D eigenvalue weighted by atomic mass is 35.5. The molecular weight excluding hydrogens is 322 g/mol. The molecule has 0 fully saturated rings. The maximum atomic E-state index is 12.1. The van der Waals surface area contributed by atoms with E-state index in [4.69, 9.17) is 20.9 Å². The van der Waals surface area contributed by atoms with E-state index in [1.165, 1.54) is 12.3 Å². The van der Waals surface area contributed by atoms with E-state index in [1.807, 2.05) is 0 Å². The Morgan fingerprint density at radius 3 is 3.04 bits per heavy atom. The minimum absolute atomic E-state index is 0.0370. The molecule has 7 nitrogen and oxygen atoms in total. The SMILES string of the molecule is O=C(NCCN1Cc2cc(Cl)ccc2OCC1=O)c1ccno1. The van der Waals surface area contributed by atoms with Gasteiger partial charge in [0.25, 0.3) is 11.8 Å². The summed E-state index contributed by atoms with van der Waals surface area (Å²) in [5, 5.41) is 6.73. The molecule has 2 amide bonds. The summed E-state index contributed by atoms with van der Waals surface area (Å²) >= 11 is 5.98. The summed E-state index contributed by atoms with van der Waals surface area (Å²) in [4.78, 5) is 25.5. The van der Waals surface area contributed by atoms with Gasteiger partial charge < -0.3 is 19.5 Å². The number of carbonyl (C=O) groups excluding carboxylic acids is 2. The number of rotatable bonds is 4. The second-order valence-corrected chi connectivity index (χ2v) is 5.43. The van der Waals surface area contributed by atoms with Gasteiger partial charge in [-0.25, -0.2) is 0 Å². The summed E-state index contributed by atoms with van der Waals surface area (Å²) in [5.41, 5.74) is 0.838. The molecule has 0 spiro atoms. The van der Waals surface area contributed by atoms with Crippen LogP contribution in [0.4, 0.5) is 0 Å². The summed E-state index contributed by atoms with van der Waals surface area (Å²) in [7, 11) is 0. The molecule has 0 aliphatic carbocycles. The Kier molecular flexibility index (Phi) is 4.47. The highest BCUT2D eigenvalue weighted by Gasteiger charge is 2.21. The van der Waals surface area contributed by atoms with Crippen molar-refractivity contribution in [1.29, 1.82) is 0 Å². The fraction of sp³-hybridized carbons (Fsp3) is 0.267. The Labute approximate surface area is 137 Å². The minimum Gasteiger partial charge on any atom is -0.483 e. The lowest BCUT2D eigenvalue weighted by atomic mass is 10.2. The number of nitrogens with one attached hydrogen (secondary N) is 1. The molecule has 0 radical (unpaired) electrons. The molecule has 0 saturated carbocycles. The first-order valence-electron chi connectivity index (χ1n) is 7.01. The summed E-state index contributed by atoms with van der Waals surface area (Å²) in [6.07, 6.45) is 1.39. The second kappa shape index (κ2) is 6.70. The van der Waals surface area contributed by atoms with Crippen LogP contribution in [0, 0.1) is 0 Å². The van der Waals surface area contributed by atoms with Gasteiger partial charge >= 0.3 is 0 Å². The normalized spacial score (nSPS) is 14.0. The third-order valence-corrected chi connectivity index (χ3v) is 3.65. The Morgan fingerprint density at radius 1 is 1.39 bits per heavy atom. The van der Waals surface area contributed by atoms with E-state index in [1.54, 1.807) is 23.1 Å². The number of amides is 2. The molecule has 1 aromatic heterocycles. The molecule has 0 bridgehead atoms. The topological polar surface area (TPSA) is 84.7 Å². The molecule has 1 aromatic carbocycles. The second-order valence-electron chi connectivity index (χ2n) is 4.99. The molecule has 0 unspecified atom stereocenters. The number of hydrogen-bond acceptors (Lipinski definition) is 5. The van der Waals surface area contributed by atoms with E-state index in [-0.39, 0.29) is 24.2 Å². The zero-order valence-electron chi connectivity index (χ0n) is 12.1. The molecule has 23 heavy (non-hydrogen) atoms. The van der Waals surface area contributed by atoms with Gasteiger partial charge in [0.15, 0.2) is 6.61 Å². The van der Waals surface area contributed by atoms with Gasteiger partial charge in [0.2, 0.25) is 5.76 Å². The molecule has 1 aliphatic heterocycles. The summed E-state index contributed by atoms with van der Waals surface area (Å²) < 4.78 is 10.2. The van der Waals surface area contributed by atoms with Crippen molar-refractivity contribution >= 4 is 23.4 Å². The fourth-order valence-corrected chi connectivity index (χ4v) is 2.46. The van der Waals surface area contributed by atoms with Crippen LogP contribution < -0.4 is 10.1 Å². The zero-order valence-corrected chi connectivity index (χ0v) is 12.9. The smallest absolute Gasteiger partial charge is 0.289 e. The lowest BCUT2D eigenvalue weighted by Crippen LogP contribution is -2.39. The Hall–Kier alpha value is -2.54. The number of hydrogen-bond donors (Lipinski definition) is 1. The van der Waals surface area contributed by atoms with Gasteiger partial charge in [-0.1, -0.05) is 16.8 Å². The Bertz CT molecular complexity index is 718. The van der Waals surface area contributed by atoms with Gasteiger partial charge in [-0.2, -0.15) is 0 Å². The van der Waals surface area contributed by atoms with Gasteiger partial charge in [0, 0.05) is 36.3 Å². The number of carbonyl (C=O) groups is 2. The van der Waals surface area contributed by atoms with Gasteiger partial charge in [-0.05, 0) is 18.2 Å². The first kappa shape index (κ1) is 15.4. The Balaban J connectivity index is 1.60. The molecule has 0 saturated heterocycles. The van der Waals surface area contributed by atoms with E-state index < -0.39 is 0 Å². The molecule has 3 rings (SSSR count). The molecule has 2 heterocycles. The van der Waals surface area contributed by atoms with E-state index in [0.717, 1.165) is 5.56 Å². The lowest BCUT2D eigenvalue weighted by Gasteiger charge is -2.20. The minimum atomic E-state index is -0.371. The van der Waals surface area contributed by atoms with Crippen molar-refractivity contribution in [2.45, 2.75) is 6.54 Å². The average molecular weight is 336 g/mol. The fourth-order valence-electron chi connectivity index (χ4n) is 2.27. The highest BCUT2D eigenvalue weighted by molar-refractivity contribution is 6.30. The van der Waals surface area contributed by atoms with Gasteiger partial charge in [0.05, 0.1) is 6.20 Å². The molecule has 0 atom stereocenters. The van der Waals surface area contributed by atoms with E-state index in [2.05, 4.69) is 10.5 Å². The largest absolute Gasteiger partial charge is 0.483 e. The number of benzene rings is 1. The monoisotopic (exact) mass is 335 g/mol. The van der Waals surface area contributed by atoms with Crippen LogP contribution in [0.5, 0.6) is 5.75 Å². The van der Waals surface area contributed by atoms with Gasteiger partial charge in [0.1, 0.15) is 5.75 Å². The van der Waals surface area contributed by atoms with Crippen molar-refractivity contribution in [3.8, 4) is 5.75 Å². The Morgan fingerprint density at radius 2 is 2.26 bits per heavy atom. The maximum Gasteiger partial charge on any atom is 0.289 e. The quantitative estimate of drug-likeness (QED) is 0.914. The number of halogens is 1. The predicted molar refractivity (Wildman–Crippen MR) is 81.2 cm³/mol. The van der Waals surface area contributed by atoms with Crippen molar-refractivity contribution in [1.82, 2.24) is 15.4 Å². The van der Waals surface area contributed by atoms with Crippen molar-refractivity contribution in [3.05, 3.63) is 46.8 Å². The molecule has 120 valence electrons. The van der Waals surface area contributed by atoms with Crippen LogP contribution in [0.25, 0.3) is 0 Å².